The SMILES string of the molecule is Cc1nnc(S[C@@H](C)C(=O)c2ccc(NS(C)(=O)=O)cc2)s1. The molecule has 0 radical (unpaired) electrons. The number of nitrogens with one attached hydrogen (secondary N) is 1. The number of ketones is 1. The average Bonchev–Trinajstić information content (AvgIpc) is 2.82. The quantitative estimate of drug-likeness (QED) is 0.631. The maximum Gasteiger partial charge on any atom is 0.229 e. The third-order valence-corrected chi connectivity index (χ3v) is 5.26. The summed E-state index contributed by atoms with van der Waals surface area (Å²) in [4.78, 5) is 12.3. The van der Waals surface area contributed by atoms with E-state index in [4.69, 9.17) is 0 Å². The highest BCUT2D eigenvalue weighted by Crippen LogP contribution is 2.28. The number of hydrogen-bond acceptors (Lipinski definition) is 7. The number of hydrogen-bond donors (Lipinski definition) is 1. The molecule has 1 heterocycles. The van der Waals surface area contributed by atoms with Crippen molar-refractivity contribution in [1.82, 2.24) is 10.2 Å². The Hall–Kier alpha value is -1.45. The zero-order chi connectivity index (χ0) is 16.3. The number of nitrogens with zero attached hydrogens (tertiary/aromatic N) is 2. The molecular weight excluding hydrogens is 342 g/mol. The summed E-state index contributed by atoms with van der Waals surface area (Å²) in [5, 5.41) is 8.48. The number of anilines is 1. The van der Waals surface area contributed by atoms with Crippen molar-refractivity contribution >= 4 is 44.6 Å². The van der Waals surface area contributed by atoms with Crippen molar-refractivity contribution in [2.75, 3.05) is 11.0 Å². The number of thioether (sulfide) groups is 1. The van der Waals surface area contributed by atoms with Crippen LogP contribution in [0.5, 0.6) is 0 Å². The minimum absolute atomic E-state index is 0.0382. The molecule has 0 saturated carbocycles. The summed E-state index contributed by atoms with van der Waals surface area (Å²) < 4.78 is 25.4. The van der Waals surface area contributed by atoms with Crippen LogP contribution in [0.3, 0.4) is 0 Å². The molecule has 6 nitrogen and oxygen atoms in total. The fourth-order valence-electron chi connectivity index (χ4n) is 1.68. The van der Waals surface area contributed by atoms with E-state index < -0.39 is 10.0 Å². The van der Waals surface area contributed by atoms with Gasteiger partial charge in [0, 0.05) is 11.3 Å². The van der Waals surface area contributed by atoms with E-state index >= 15 is 0 Å². The standard InChI is InChI=1S/C13H15N3O3S3/c1-8(20-13-15-14-9(2)21-13)12(17)10-4-6-11(7-5-10)16-22(3,18)19/h4-8,16H,1-3H3/t8-/m0/s1. The van der Waals surface area contributed by atoms with E-state index in [-0.39, 0.29) is 11.0 Å². The number of rotatable bonds is 6. The van der Waals surface area contributed by atoms with Crippen LogP contribution in [0, 0.1) is 6.92 Å². The van der Waals surface area contributed by atoms with Crippen LogP contribution in [0.25, 0.3) is 0 Å². The number of benzene rings is 1. The van der Waals surface area contributed by atoms with E-state index in [2.05, 4.69) is 14.9 Å². The van der Waals surface area contributed by atoms with Crippen LogP contribution in [0.2, 0.25) is 0 Å². The van der Waals surface area contributed by atoms with Gasteiger partial charge in [0.2, 0.25) is 10.0 Å². The van der Waals surface area contributed by atoms with Crippen molar-refractivity contribution in [3.8, 4) is 0 Å². The molecule has 0 unspecified atom stereocenters. The van der Waals surface area contributed by atoms with Gasteiger partial charge in [-0.25, -0.2) is 8.42 Å². The minimum Gasteiger partial charge on any atom is -0.293 e. The monoisotopic (exact) mass is 357 g/mol. The normalized spacial score (nSPS) is 12.9. The molecule has 0 fully saturated rings. The second kappa shape index (κ2) is 6.76. The summed E-state index contributed by atoms with van der Waals surface area (Å²) in [6, 6.07) is 6.36. The molecule has 0 saturated heterocycles. The fourth-order valence-corrected chi connectivity index (χ4v) is 4.28. The summed E-state index contributed by atoms with van der Waals surface area (Å²) in [7, 11) is -3.32. The summed E-state index contributed by atoms with van der Waals surface area (Å²) in [6.45, 7) is 3.67. The second-order valence-corrected chi connectivity index (χ2v) is 9.18. The molecule has 2 aromatic rings. The molecule has 118 valence electrons. The molecule has 1 N–H and O–H groups in total. The molecule has 0 bridgehead atoms. The Balaban J connectivity index is 2.05. The zero-order valence-electron chi connectivity index (χ0n) is 12.2. The lowest BCUT2D eigenvalue weighted by Crippen LogP contribution is -2.14. The largest absolute Gasteiger partial charge is 0.293 e. The first kappa shape index (κ1) is 16.9. The third kappa shape index (κ3) is 4.79. The topological polar surface area (TPSA) is 89.0 Å². The zero-order valence-corrected chi connectivity index (χ0v) is 14.7. The highest BCUT2D eigenvalue weighted by atomic mass is 32.2. The number of aromatic nitrogens is 2. The van der Waals surface area contributed by atoms with E-state index in [1.54, 1.807) is 24.3 Å². The van der Waals surface area contributed by atoms with E-state index in [9.17, 15) is 13.2 Å². The van der Waals surface area contributed by atoms with Gasteiger partial charge in [0.25, 0.3) is 0 Å². The smallest absolute Gasteiger partial charge is 0.229 e. The van der Waals surface area contributed by atoms with E-state index in [0.29, 0.717) is 11.3 Å². The van der Waals surface area contributed by atoms with Gasteiger partial charge in [-0.3, -0.25) is 9.52 Å². The molecule has 1 atom stereocenters. The van der Waals surface area contributed by atoms with Crippen molar-refractivity contribution in [3.05, 3.63) is 34.8 Å². The van der Waals surface area contributed by atoms with Crippen molar-refractivity contribution < 1.29 is 13.2 Å². The number of aryl methyl sites for hydroxylation is 1. The van der Waals surface area contributed by atoms with Crippen LogP contribution in [0.1, 0.15) is 22.3 Å². The van der Waals surface area contributed by atoms with Crippen LogP contribution in [-0.4, -0.2) is 35.9 Å². The van der Waals surface area contributed by atoms with Gasteiger partial charge in [-0.1, -0.05) is 23.1 Å². The van der Waals surface area contributed by atoms with Crippen LogP contribution in [-0.2, 0) is 10.0 Å². The number of carbonyl (C=O) groups excluding carboxylic acids is 1. The number of Topliss-reactive ketones (excluding diaryl/α,β-unsaturated/α-hetero) is 1. The summed E-state index contributed by atoms with van der Waals surface area (Å²) in [5.41, 5.74) is 0.958. The minimum atomic E-state index is -3.32. The molecule has 0 aliphatic heterocycles. The summed E-state index contributed by atoms with van der Waals surface area (Å²) >= 11 is 2.81. The molecule has 1 aromatic carbocycles. The van der Waals surface area contributed by atoms with Gasteiger partial charge >= 0.3 is 0 Å². The number of sulfonamides is 1. The Morgan fingerprint density at radius 1 is 1.27 bits per heavy atom. The van der Waals surface area contributed by atoms with Crippen molar-refractivity contribution in [2.24, 2.45) is 0 Å². The first-order chi connectivity index (χ1) is 10.2. The van der Waals surface area contributed by atoms with Gasteiger partial charge in [-0.05, 0) is 38.1 Å². The highest BCUT2D eigenvalue weighted by molar-refractivity contribution is 8.02. The third-order valence-electron chi connectivity index (χ3n) is 2.63. The molecule has 0 amide bonds. The number of carbonyl (C=O) groups is 1. The van der Waals surface area contributed by atoms with Crippen molar-refractivity contribution in [3.63, 3.8) is 0 Å². The molecule has 0 aliphatic rings. The van der Waals surface area contributed by atoms with Crippen LogP contribution < -0.4 is 4.72 Å². The summed E-state index contributed by atoms with van der Waals surface area (Å²) in [5.74, 6) is -0.0382. The van der Waals surface area contributed by atoms with Crippen LogP contribution in [0.15, 0.2) is 28.6 Å². The maximum atomic E-state index is 12.3. The lowest BCUT2D eigenvalue weighted by Gasteiger charge is -2.09. The summed E-state index contributed by atoms with van der Waals surface area (Å²) in [6.07, 6.45) is 1.08. The van der Waals surface area contributed by atoms with Gasteiger partial charge in [0.1, 0.15) is 5.01 Å². The molecule has 2 rings (SSSR count). The molecule has 1 aromatic heterocycles. The van der Waals surface area contributed by atoms with E-state index in [1.807, 2.05) is 13.8 Å². The predicted molar refractivity (Wildman–Crippen MR) is 89.2 cm³/mol. The van der Waals surface area contributed by atoms with Gasteiger partial charge in [0.15, 0.2) is 10.1 Å². The molecule has 9 heteroatoms. The average molecular weight is 357 g/mol. The Kier molecular flexibility index (Phi) is 5.20. The predicted octanol–water partition coefficient (Wildman–Crippen LogP) is 2.58. The molecule has 0 spiro atoms. The van der Waals surface area contributed by atoms with E-state index in [0.717, 1.165) is 15.6 Å². The Labute approximate surface area is 137 Å². The first-order valence-corrected chi connectivity index (χ1v) is 9.92. The lowest BCUT2D eigenvalue weighted by atomic mass is 10.1. The van der Waals surface area contributed by atoms with Gasteiger partial charge in [-0.15, -0.1) is 10.2 Å². The molecule has 0 aliphatic carbocycles. The van der Waals surface area contributed by atoms with Crippen molar-refractivity contribution in [1.29, 1.82) is 0 Å². The first-order valence-electron chi connectivity index (χ1n) is 6.33. The Bertz CT molecular complexity index is 769. The van der Waals surface area contributed by atoms with Crippen LogP contribution in [0.4, 0.5) is 5.69 Å². The highest BCUT2D eigenvalue weighted by Gasteiger charge is 2.18. The van der Waals surface area contributed by atoms with Gasteiger partial charge in [-0.2, -0.15) is 0 Å². The van der Waals surface area contributed by atoms with E-state index in [1.165, 1.54) is 23.1 Å². The molecular formula is C13H15N3O3S3. The van der Waals surface area contributed by atoms with Gasteiger partial charge in [0.05, 0.1) is 11.5 Å². The Morgan fingerprint density at radius 3 is 2.41 bits per heavy atom. The van der Waals surface area contributed by atoms with Crippen molar-refractivity contribution in [2.45, 2.75) is 23.4 Å². The van der Waals surface area contributed by atoms with Crippen LogP contribution >= 0.6 is 23.1 Å². The maximum absolute atomic E-state index is 12.3. The second-order valence-electron chi connectivity index (χ2n) is 4.66. The fraction of sp³-hybridized carbons (Fsp3) is 0.308. The lowest BCUT2D eigenvalue weighted by molar-refractivity contribution is 0.0994. The Morgan fingerprint density at radius 2 is 1.91 bits per heavy atom. The van der Waals surface area contributed by atoms with Gasteiger partial charge < -0.3 is 0 Å². The molecule has 22 heavy (non-hydrogen) atoms.